The van der Waals surface area contributed by atoms with E-state index in [0.717, 1.165) is 0 Å². The summed E-state index contributed by atoms with van der Waals surface area (Å²) < 4.78 is 2.22. The zero-order valence-electron chi connectivity index (χ0n) is 3.27. The van der Waals surface area contributed by atoms with E-state index in [2.05, 4.69) is 29.2 Å². The molecule has 0 saturated carbocycles. The zero-order valence-corrected chi connectivity index (χ0v) is 8.34. The van der Waals surface area contributed by atoms with Gasteiger partial charge in [0.05, 0.1) is 0 Å². The number of hydrogen-bond acceptors (Lipinski definition) is 1. The van der Waals surface area contributed by atoms with Gasteiger partial charge >= 0.3 is 50.3 Å². The molecule has 0 rings (SSSR count). The normalized spacial score (nSPS) is 9.60. The number of rotatable bonds is 1. The molecule has 0 aliphatic carbocycles. The molecule has 0 saturated heterocycles. The van der Waals surface area contributed by atoms with E-state index in [9.17, 15) is 0 Å². The Morgan fingerprint density at radius 1 is 1.60 bits per heavy atom. The van der Waals surface area contributed by atoms with E-state index in [0.29, 0.717) is 0 Å². The zero-order chi connectivity index (χ0) is 4.28. The van der Waals surface area contributed by atoms with Gasteiger partial charge in [0.25, 0.3) is 0 Å². The van der Waals surface area contributed by atoms with Crippen LogP contribution in [0.3, 0.4) is 0 Å². The SMILES string of the molecule is C[N](C)[Bi][Br]. The molecule has 0 N–H and O–H groups in total. The summed E-state index contributed by atoms with van der Waals surface area (Å²) in [6, 6.07) is 0. The molecule has 5 heavy (non-hydrogen) atoms. The molecular weight excluding hydrogens is 327 g/mol. The third-order valence-corrected chi connectivity index (χ3v) is 6.89. The van der Waals surface area contributed by atoms with Gasteiger partial charge in [-0.05, 0) is 0 Å². The first-order chi connectivity index (χ1) is 2.27. The van der Waals surface area contributed by atoms with Crippen molar-refractivity contribution in [3.05, 3.63) is 0 Å². The summed E-state index contributed by atoms with van der Waals surface area (Å²) in [5, 5.41) is 0. The van der Waals surface area contributed by atoms with Gasteiger partial charge in [-0.3, -0.25) is 0 Å². The standard InChI is InChI=1S/C2H6N.Bi.BrH/c1-3-2;;/h1-2H3;;1H/q-1;+2;/p-1. The summed E-state index contributed by atoms with van der Waals surface area (Å²) in [4.78, 5) is 0. The molecule has 3 heteroatoms. The molecule has 0 bridgehead atoms. The van der Waals surface area contributed by atoms with Crippen molar-refractivity contribution in [2.75, 3.05) is 14.1 Å². The van der Waals surface area contributed by atoms with E-state index in [1.54, 1.807) is 0 Å². The molecule has 0 aromatic rings. The summed E-state index contributed by atoms with van der Waals surface area (Å²) in [5.74, 6) is 0. The van der Waals surface area contributed by atoms with E-state index in [1.807, 2.05) is 0 Å². The van der Waals surface area contributed by atoms with Gasteiger partial charge in [0.1, 0.15) is 0 Å². The van der Waals surface area contributed by atoms with Crippen LogP contribution < -0.4 is 0 Å². The molecular formula is C2H6BiBrN. The molecule has 0 unspecified atom stereocenters. The predicted octanol–water partition coefficient (Wildman–Crippen LogP) is 0.477. The quantitative estimate of drug-likeness (QED) is 0.631. The number of halogens is 1. The first-order valence-corrected chi connectivity index (χ1v) is 10.4. The summed E-state index contributed by atoms with van der Waals surface area (Å²) in [7, 11) is 4.18. The molecule has 0 aliphatic heterocycles. The van der Waals surface area contributed by atoms with Crippen LogP contribution in [0.4, 0.5) is 0 Å². The first kappa shape index (κ1) is 6.32. The minimum absolute atomic E-state index is 0.292. The van der Waals surface area contributed by atoms with Gasteiger partial charge in [0, 0.05) is 0 Å². The second-order valence-electron chi connectivity index (χ2n) is 0.923. The van der Waals surface area contributed by atoms with Crippen LogP contribution in [0.25, 0.3) is 0 Å². The average molecular weight is 333 g/mol. The Bertz CT molecular complexity index is 23.6. The van der Waals surface area contributed by atoms with Crippen molar-refractivity contribution in [1.29, 1.82) is 0 Å². The van der Waals surface area contributed by atoms with Crippen LogP contribution in [-0.4, -0.2) is 38.1 Å². The van der Waals surface area contributed by atoms with Crippen molar-refractivity contribution in [2.45, 2.75) is 0 Å². The maximum absolute atomic E-state index is 3.42. The van der Waals surface area contributed by atoms with Crippen molar-refractivity contribution in [3.8, 4) is 0 Å². The molecule has 0 aromatic carbocycles. The second kappa shape index (κ2) is 3.51. The fourth-order valence-corrected chi connectivity index (χ4v) is 0. The third kappa shape index (κ3) is 5.32. The van der Waals surface area contributed by atoms with Crippen molar-refractivity contribution in [1.82, 2.24) is 2.84 Å². The van der Waals surface area contributed by atoms with Gasteiger partial charge in [-0.2, -0.15) is 0 Å². The molecule has 0 aliphatic rings. The van der Waals surface area contributed by atoms with Crippen LogP contribution >= 0.6 is 12.2 Å². The molecule has 0 spiro atoms. The molecule has 1 nitrogen and oxygen atoms in total. The first-order valence-electron chi connectivity index (χ1n) is 1.26. The van der Waals surface area contributed by atoms with E-state index in [-0.39, 0.29) is 21.2 Å². The van der Waals surface area contributed by atoms with Crippen LogP contribution in [0.1, 0.15) is 0 Å². The van der Waals surface area contributed by atoms with Crippen molar-refractivity contribution >= 4 is 33.4 Å². The van der Waals surface area contributed by atoms with Crippen molar-refractivity contribution < 1.29 is 0 Å². The molecule has 0 amide bonds. The molecule has 0 heterocycles. The Morgan fingerprint density at radius 2 is 1.80 bits per heavy atom. The molecule has 1 radical (unpaired) electrons. The van der Waals surface area contributed by atoms with Crippen molar-refractivity contribution in [3.63, 3.8) is 0 Å². The third-order valence-electron chi connectivity index (χ3n) is 0.151. The molecule has 0 fully saturated rings. The molecule has 31 valence electrons. The fourth-order valence-electron chi connectivity index (χ4n) is 0. The van der Waals surface area contributed by atoms with Gasteiger partial charge in [-0.1, -0.05) is 0 Å². The Kier molecular flexibility index (Phi) is 4.44. The van der Waals surface area contributed by atoms with E-state index < -0.39 is 0 Å². The van der Waals surface area contributed by atoms with E-state index in [1.165, 1.54) is 0 Å². The molecule has 0 atom stereocenters. The Hall–Kier alpha value is 1.32. The topological polar surface area (TPSA) is 3.24 Å². The van der Waals surface area contributed by atoms with Gasteiger partial charge in [-0.25, -0.2) is 0 Å². The van der Waals surface area contributed by atoms with Crippen molar-refractivity contribution in [2.24, 2.45) is 0 Å². The summed E-state index contributed by atoms with van der Waals surface area (Å²) in [5.41, 5.74) is 0. The molecule has 0 aromatic heterocycles. The van der Waals surface area contributed by atoms with E-state index >= 15 is 0 Å². The Labute approximate surface area is 50.2 Å². The van der Waals surface area contributed by atoms with Crippen LogP contribution in [0.2, 0.25) is 0 Å². The van der Waals surface area contributed by atoms with Crippen LogP contribution in [0, 0.1) is 0 Å². The summed E-state index contributed by atoms with van der Waals surface area (Å²) in [6.45, 7) is 0. The number of nitrogens with zero attached hydrogens (tertiary/aromatic N) is 1. The average Bonchev–Trinajstić information content (AvgIpc) is 1.38. The van der Waals surface area contributed by atoms with Crippen LogP contribution in [0.15, 0.2) is 0 Å². The second-order valence-corrected chi connectivity index (χ2v) is 7.40. The van der Waals surface area contributed by atoms with Gasteiger partial charge in [0.2, 0.25) is 0 Å². The maximum atomic E-state index is 3.42. The summed E-state index contributed by atoms with van der Waals surface area (Å²) in [6.07, 6.45) is 0. The fraction of sp³-hybridized carbons (Fsp3) is 1.00. The van der Waals surface area contributed by atoms with Crippen LogP contribution in [0.5, 0.6) is 0 Å². The number of hydrogen-bond donors (Lipinski definition) is 0. The van der Waals surface area contributed by atoms with Gasteiger partial charge < -0.3 is 0 Å². The van der Waals surface area contributed by atoms with Crippen LogP contribution in [-0.2, 0) is 0 Å². The Morgan fingerprint density at radius 3 is 1.80 bits per heavy atom. The predicted molar refractivity (Wildman–Crippen MR) is 28.4 cm³/mol. The summed E-state index contributed by atoms with van der Waals surface area (Å²) >= 11 is 3.13. The van der Waals surface area contributed by atoms with E-state index in [4.69, 9.17) is 0 Å². The van der Waals surface area contributed by atoms with Gasteiger partial charge in [0.15, 0.2) is 0 Å². The van der Waals surface area contributed by atoms with Gasteiger partial charge in [-0.15, -0.1) is 0 Å². The monoisotopic (exact) mass is 332 g/mol. The minimum atomic E-state index is -0.292. The Balaban J connectivity index is 2.54.